The Hall–Kier alpha value is -4.58. The van der Waals surface area contributed by atoms with Crippen molar-refractivity contribution in [1.82, 2.24) is 5.43 Å². The zero-order valence-corrected chi connectivity index (χ0v) is 20.5. The fraction of sp³-hybridized carbons (Fsp3) is 0.120. The SMILES string of the molecule is COc1ccc(C(=O)Oc2ccc(C=NNC(=O)C(=O)Nc3cc(C(F)(F)F)ccc3Cl)cc2OC)cc1. The molecule has 0 saturated heterocycles. The van der Waals surface area contributed by atoms with Crippen molar-refractivity contribution in [3.8, 4) is 17.2 Å². The van der Waals surface area contributed by atoms with E-state index < -0.39 is 35.2 Å². The molecule has 0 fully saturated rings. The van der Waals surface area contributed by atoms with Gasteiger partial charge in [-0.15, -0.1) is 0 Å². The lowest BCUT2D eigenvalue weighted by molar-refractivity contribution is -0.137. The van der Waals surface area contributed by atoms with Crippen molar-refractivity contribution >= 4 is 41.3 Å². The molecule has 13 heteroatoms. The van der Waals surface area contributed by atoms with Crippen LogP contribution < -0.4 is 25.0 Å². The Morgan fingerprint density at radius 1 is 0.895 bits per heavy atom. The first-order valence-corrected chi connectivity index (χ1v) is 10.9. The van der Waals surface area contributed by atoms with Crippen molar-refractivity contribution in [2.45, 2.75) is 6.18 Å². The van der Waals surface area contributed by atoms with Crippen LogP contribution in [-0.4, -0.2) is 38.2 Å². The van der Waals surface area contributed by atoms with Crippen LogP contribution in [0.15, 0.2) is 65.8 Å². The van der Waals surface area contributed by atoms with E-state index in [2.05, 4.69) is 5.10 Å². The highest BCUT2D eigenvalue weighted by molar-refractivity contribution is 6.41. The Kier molecular flexibility index (Phi) is 8.92. The monoisotopic (exact) mass is 549 g/mol. The lowest BCUT2D eigenvalue weighted by Gasteiger charge is -2.11. The van der Waals surface area contributed by atoms with Crippen LogP contribution in [0.5, 0.6) is 17.2 Å². The molecule has 0 spiro atoms. The Labute approximate surface area is 219 Å². The van der Waals surface area contributed by atoms with Gasteiger partial charge in [0.2, 0.25) is 0 Å². The number of hydrazone groups is 1. The molecule has 198 valence electrons. The normalized spacial score (nSPS) is 11.1. The zero-order valence-electron chi connectivity index (χ0n) is 19.8. The van der Waals surface area contributed by atoms with Gasteiger partial charge in [0, 0.05) is 0 Å². The molecular weight excluding hydrogens is 531 g/mol. The second kappa shape index (κ2) is 12.1. The summed E-state index contributed by atoms with van der Waals surface area (Å²) in [5, 5.41) is 5.45. The maximum atomic E-state index is 12.9. The second-order valence-electron chi connectivity index (χ2n) is 7.37. The third-order valence-corrected chi connectivity index (χ3v) is 5.17. The van der Waals surface area contributed by atoms with Gasteiger partial charge in [0.25, 0.3) is 0 Å². The van der Waals surface area contributed by atoms with Gasteiger partial charge in [0.1, 0.15) is 5.75 Å². The van der Waals surface area contributed by atoms with Crippen molar-refractivity contribution < 1.29 is 41.8 Å². The number of hydrogen-bond acceptors (Lipinski definition) is 7. The predicted octanol–water partition coefficient (Wildman–Crippen LogP) is 4.68. The van der Waals surface area contributed by atoms with E-state index >= 15 is 0 Å². The molecule has 0 heterocycles. The van der Waals surface area contributed by atoms with E-state index in [1.54, 1.807) is 12.1 Å². The molecular formula is C25H19ClF3N3O6. The number of amides is 2. The Balaban J connectivity index is 1.62. The molecule has 0 aliphatic heterocycles. The highest BCUT2D eigenvalue weighted by atomic mass is 35.5. The molecule has 38 heavy (non-hydrogen) atoms. The summed E-state index contributed by atoms with van der Waals surface area (Å²) in [6.07, 6.45) is -3.50. The average molecular weight is 550 g/mol. The number of esters is 1. The summed E-state index contributed by atoms with van der Waals surface area (Å²) in [6.45, 7) is 0. The summed E-state index contributed by atoms with van der Waals surface area (Å²) in [6, 6.07) is 13.0. The summed E-state index contributed by atoms with van der Waals surface area (Å²) < 4.78 is 54.3. The molecule has 0 unspecified atom stereocenters. The summed E-state index contributed by atoms with van der Waals surface area (Å²) in [7, 11) is 2.85. The van der Waals surface area contributed by atoms with E-state index in [0.717, 1.165) is 12.1 Å². The van der Waals surface area contributed by atoms with Gasteiger partial charge >= 0.3 is 24.0 Å². The van der Waals surface area contributed by atoms with Gasteiger partial charge in [-0.05, 0) is 66.2 Å². The highest BCUT2D eigenvalue weighted by Crippen LogP contribution is 2.34. The summed E-state index contributed by atoms with van der Waals surface area (Å²) in [5.74, 6) is -2.31. The largest absolute Gasteiger partial charge is 0.497 e. The fourth-order valence-corrected chi connectivity index (χ4v) is 3.09. The molecule has 9 nitrogen and oxygen atoms in total. The fourth-order valence-electron chi connectivity index (χ4n) is 2.93. The molecule has 0 aliphatic carbocycles. The van der Waals surface area contributed by atoms with Gasteiger partial charge in [-0.3, -0.25) is 9.59 Å². The molecule has 2 amide bonds. The number of halogens is 4. The molecule has 0 radical (unpaired) electrons. The van der Waals surface area contributed by atoms with Crippen molar-refractivity contribution in [2.75, 3.05) is 19.5 Å². The summed E-state index contributed by atoms with van der Waals surface area (Å²) in [5.41, 5.74) is 1.18. The van der Waals surface area contributed by atoms with Gasteiger partial charge < -0.3 is 19.5 Å². The lowest BCUT2D eigenvalue weighted by atomic mass is 10.2. The molecule has 3 aromatic carbocycles. The average Bonchev–Trinajstić information content (AvgIpc) is 2.89. The first-order chi connectivity index (χ1) is 18.0. The second-order valence-corrected chi connectivity index (χ2v) is 7.78. The van der Waals surface area contributed by atoms with Crippen LogP contribution in [0, 0.1) is 0 Å². The molecule has 2 N–H and O–H groups in total. The third kappa shape index (κ3) is 7.23. The number of rotatable bonds is 7. The van der Waals surface area contributed by atoms with Crippen LogP contribution >= 0.6 is 11.6 Å². The standard InChI is InChI=1S/C25H19ClF3N3O6/c1-36-17-7-4-15(5-8-17)24(35)38-20-10-3-14(11-21(20)37-2)13-30-32-23(34)22(33)31-19-12-16(25(27,28)29)6-9-18(19)26/h3-13H,1-2H3,(H,31,33)(H,32,34). The summed E-state index contributed by atoms with van der Waals surface area (Å²) >= 11 is 5.81. The minimum Gasteiger partial charge on any atom is -0.497 e. The maximum absolute atomic E-state index is 12.9. The molecule has 3 rings (SSSR count). The zero-order chi connectivity index (χ0) is 27.9. The summed E-state index contributed by atoms with van der Waals surface area (Å²) in [4.78, 5) is 36.5. The maximum Gasteiger partial charge on any atom is 0.416 e. The van der Waals surface area contributed by atoms with E-state index in [0.29, 0.717) is 17.4 Å². The minimum atomic E-state index is -4.67. The first kappa shape index (κ1) is 28.0. The van der Waals surface area contributed by atoms with E-state index in [1.165, 1.54) is 50.8 Å². The van der Waals surface area contributed by atoms with E-state index in [9.17, 15) is 27.6 Å². The Morgan fingerprint density at radius 3 is 2.24 bits per heavy atom. The van der Waals surface area contributed by atoms with E-state index in [-0.39, 0.29) is 22.1 Å². The number of alkyl halides is 3. The van der Waals surface area contributed by atoms with Crippen molar-refractivity contribution in [3.63, 3.8) is 0 Å². The van der Waals surface area contributed by atoms with Crippen LogP contribution in [0.4, 0.5) is 18.9 Å². The molecule has 0 aromatic heterocycles. The minimum absolute atomic E-state index is 0.117. The van der Waals surface area contributed by atoms with Crippen LogP contribution in [0.3, 0.4) is 0 Å². The third-order valence-electron chi connectivity index (χ3n) is 4.84. The number of nitrogens with zero attached hydrogens (tertiary/aromatic N) is 1. The van der Waals surface area contributed by atoms with Crippen LogP contribution in [-0.2, 0) is 15.8 Å². The Morgan fingerprint density at radius 2 is 1.61 bits per heavy atom. The van der Waals surface area contributed by atoms with Crippen LogP contribution in [0.25, 0.3) is 0 Å². The number of methoxy groups -OCH3 is 2. The highest BCUT2D eigenvalue weighted by Gasteiger charge is 2.31. The van der Waals surface area contributed by atoms with Crippen LogP contribution in [0.2, 0.25) is 5.02 Å². The lowest BCUT2D eigenvalue weighted by Crippen LogP contribution is -2.32. The number of carbonyl (C=O) groups excluding carboxylic acids is 3. The van der Waals surface area contributed by atoms with Crippen molar-refractivity contribution in [3.05, 3.63) is 82.4 Å². The van der Waals surface area contributed by atoms with Gasteiger partial charge in [0.05, 0.1) is 42.3 Å². The topological polar surface area (TPSA) is 115 Å². The van der Waals surface area contributed by atoms with Gasteiger partial charge in [-0.1, -0.05) is 11.6 Å². The molecule has 0 saturated carbocycles. The number of carbonyl (C=O) groups is 3. The Bertz CT molecular complexity index is 1380. The van der Waals surface area contributed by atoms with Crippen molar-refractivity contribution in [2.24, 2.45) is 5.10 Å². The molecule has 0 atom stereocenters. The number of benzene rings is 3. The van der Waals surface area contributed by atoms with E-state index in [4.69, 9.17) is 25.8 Å². The number of nitrogens with one attached hydrogen (secondary N) is 2. The number of ether oxygens (including phenoxy) is 3. The predicted molar refractivity (Wildman–Crippen MR) is 132 cm³/mol. The smallest absolute Gasteiger partial charge is 0.416 e. The quantitative estimate of drug-likeness (QED) is 0.145. The van der Waals surface area contributed by atoms with Crippen LogP contribution in [0.1, 0.15) is 21.5 Å². The molecule has 0 bridgehead atoms. The first-order valence-electron chi connectivity index (χ1n) is 10.6. The number of anilines is 1. The van der Waals surface area contributed by atoms with Crippen molar-refractivity contribution in [1.29, 1.82) is 0 Å². The van der Waals surface area contributed by atoms with Gasteiger partial charge in [-0.25, -0.2) is 10.2 Å². The van der Waals surface area contributed by atoms with E-state index in [1.807, 2.05) is 10.7 Å². The molecule has 3 aromatic rings. The van der Waals surface area contributed by atoms with Gasteiger partial charge in [0.15, 0.2) is 11.5 Å². The van der Waals surface area contributed by atoms with Gasteiger partial charge in [-0.2, -0.15) is 18.3 Å². The number of hydrogen-bond donors (Lipinski definition) is 2. The molecule has 0 aliphatic rings.